The van der Waals surface area contributed by atoms with Gasteiger partial charge in [0.1, 0.15) is 0 Å². The maximum absolute atomic E-state index is 14.9. The van der Waals surface area contributed by atoms with Crippen LogP contribution >= 0.6 is 78.1 Å². The van der Waals surface area contributed by atoms with Crippen molar-refractivity contribution >= 4 is 88.2 Å². The summed E-state index contributed by atoms with van der Waals surface area (Å²) in [6, 6.07) is 16.3. The zero-order valence-electron chi connectivity index (χ0n) is 18.5. The minimum atomic E-state index is -7.44. The molecule has 17 heteroatoms. The lowest BCUT2D eigenvalue weighted by Gasteiger charge is -2.42. The lowest BCUT2D eigenvalue weighted by Crippen LogP contribution is -2.63. The summed E-state index contributed by atoms with van der Waals surface area (Å²) < 4.78 is 156. The molecule has 0 amide bonds. The van der Waals surface area contributed by atoms with Gasteiger partial charge in [0.05, 0.1) is 0 Å². The predicted octanol–water partition coefficient (Wildman–Crippen LogP) is 9.47. The largest absolute Gasteiger partial charge is 0.460 e. The van der Waals surface area contributed by atoms with Crippen LogP contribution in [0, 0.1) is 10.7 Å². The highest BCUT2D eigenvalue weighted by atomic mass is 127. The first kappa shape index (κ1) is 33.0. The first-order valence-electron chi connectivity index (χ1n) is 9.98. The van der Waals surface area contributed by atoms with Gasteiger partial charge in [0.25, 0.3) is 0 Å². The van der Waals surface area contributed by atoms with E-state index in [0.29, 0.717) is 3.57 Å². The summed E-state index contributed by atoms with van der Waals surface area (Å²) in [5.41, 5.74) is 0. The Morgan fingerprint density at radius 1 is 0.615 bits per heavy atom. The third-order valence-corrected chi connectivity index (χ3v) is 13.4. The van der Waals surface area contributed by atoms with Crippen LogP contribution < -0.4 is 0 Å². The molecule has 0 aliphatic carbocycles. The minimum absolute atomic E-state index is 0.0770. The molecule has 3 aromatic rings. The van der Waals surface area contributed by atoms with Gasteiger partial charge in [-0.05, 0) is 114 Å². The van der Waals surface area contributed by atoms with Crippen LogP contribution in [0.1, 0.15) is 0 Å². The van der Waals surface area contributed by atoms with E-state index in [-0.39, 0.29) is 21.8 Å². The molecular formula is C22H12F9I3O3S2. The Morgan fingerprint density at radius 3 is 1.36 bits per heavy atom. The lowest BCUT2D eigenvalue weighted by molar-refractivity contribution is -0.382. The Balaban J connectivity index is 2.44. The van der Waals surface area contributed by atoms with Crippen LogP contribution in [-0.2, 0) is 13.7 Å². The van der Waals surface area contributed by atoms with Crippen LogP contribution in [0.2, 0.25) is 0 Å². The average Bonchev–Trinajstić information content (AvgIpc) is 2.82. The highest BCUT2D eigenvalue weighted by molar-refractivity contribution is 14.1. The fraction of sp³-hybridized carbons (Fsp3) is 0.182. The van der Waals surface area contributed by atoms with Crippen molar-refractivity contribution in [1.29, 1.82) is 0 Å². The summed E-state index contributed by atoms with van der Waals surface area (Å²) in [6.45, 7) is 0. The Bertz CT molecular complexity index is 1390. The molecule has 0 bridgehead atoms. The normalized spacial score (nSPS) is 14.4. The van der Waals surface area contributed by atoms with Gasteiger partial charge in [-0.3, -0.25) is 0 Å². The van der Waals surface area contributed by atoms with Crippen molar-refractivity contribution in [3.63, 3.8) is 0 Å². The van der Waals surface area contributed by atoms with E-state index in [1.807, 2.05) is 22.6 Å². The van der Waals surface area contributed by atoms with E-state index in [9.17, 15) is 47.9 Å². The monoisotopic (exact) mass is 940 g/mol. The molecule has 0 spiro atoms. The smallest absolute Gasteiger partial charge is 0.202 e. The molecule has 0 unspecified atom stereocenters. The minimum Gasteiger partial charge on any atom is -0.202 e. The van der Waals surface area contributed by atoms with Crippen molar-refractivity contribution in [2.75, 3.05) is 0 Å². The standard InChI is InChI=1S/C22H12F9I3O3S2/c23-19(24,21(27,28)29)20(25,26)22(30,31)39(35,36)37-38(14-7-3-1-4-8-14,15-9-5-2-6-10-15)18-16(33)11-13(32)12-17(18)34/h1-12H. The summed E-state index contributed by atoms with van der Waals surface area (Å²) in [4.78, 5) is -0.358. The van der Waals surface area contributed by atoms with Crippen molar-refractivity contribution in [1.82, 2.24) is 0 Å². The number of hydrogen-bond donors (Lipinski definition) is 0. The van der Waals surface area contributed by atoms with Crippen LogP contribution in [0.15, 0.2) is 87.5 Å². The second-order valence-corrected chi connectivity index (χ2v) is 15.6. The zero-order chi connectivity index (χ0) is 29.7. The number of benzene rings is 3. The SMILES string of the molecule is O=S(=O)(OS(c1ccccc1)(c1ccccc1)c1c(I)cc(I)cc1I)C(F)(F)C(F)(F)C(F)(F)C(F)(F)F. The van der Waals surface area contributed by atoms with Crippen molar-refractivity contribution in [3.8, 4) is 0 Å². The van der Waals surface area contributed by atoms with Crippen molar-refractivity contribution in [2.24, 2.45) is 0 Å². The summed E-state index contributed by atoms with van der Waals surface area (Å²) in [5.74, 6) is -14.9. The fourth-order valence-electron chi connectivity index (χ4n) is 3.21. The maximum atomic E-state index is 14.9. The van der Waals surface area contributed by atoms with E-state index in [0.717, 1.165) is 0 Å². The van der Waals surface area contributed by atoms with Gasteiger partial charge < -0.3 is 0 Å². The third-order valence-electron chi connectivity index (χ3n) is 5.02. The molecule has 0 fully saturated rings. The quantitative estimate of drug-likeness (QED) is 0.167. The number of alkyl halides is 9. The van der Waals surface area contributed by atoms with Crippen LogP contribution in [-0.4, -0.2) is 31.7 Å². The van der Waals surface area contributed by atoms with Gasteiger partial charge in [-0.25, -0.2) is 3.63 Å². The first-order valence-corrected chi connectivity index (χ1v) is 16.2. The molecule has 0 atom stereocenters. The van der Waals surface area contributed by atoms with E-state index < -0.39 is 43.7 Å². The molecule has 39 heavy (non-hydrogen) atoms. The van der Waals surface area contributed by atoms with E-state index in [1.165, 1.54) is 72.8 Å². The zero-order valence-corrected chi connectivity index (χ0v) is 26.6. The van der Waals surface area contributed by atoms with E-state index in [1.54, 1.807) is 45.2 Å². The molecule has 0 aromatic heterocycles. The highest BCUT2D eigenvalue weighted by Gasteiger charge is 2.86. The second-order valence-electron chi connectivity index (χ2n) is 7.57. The second kappa shape index (κ2) is 11.3. The third kappa shape index (κ3) is 5.64. The molecular weight excluding hydrogens is 928 g/mol. The topological polar surface area (TPSA) is 43.4 Å². The summed E-state index contributed by atoms with van der Waals surface area (Å²) in [7, 11) is -11.3. The van der Waals surface area contributed by atoms with Crippen LogP contribution in [0.25, 0.3) is 0 Å². The molecule has 0 aliphatic rings. The molecule has 0 saturated heterocycles. The van der Waals surface area contributed by atoms with Crippen molar-refractivity contribution < 1.29 is 51.6 Å². The number of halogens is 12. The first-order chi connectivity index (χ1) is 17.7. The Kier molecular flexibility index (Phi) is 9.55. The average molecular weight is 940 g/mol. The highest BCUT2D eigenvalue weighted by Crippen LogP contribution is 2.73. The summed E-state index contributed by atoms with van der Waals surface area (Å²) in [5, 5.41) is -7.03. The van der Waals surface area contributed by atoms with Crippen LogP contribution in [0.4, 0.5) is 39.5 Å². The molecule has 0 N–H and O–H groups in total. The molecule has 0 aliphatic heterocycles. The fourth-order valence-corrected chi connectivity index (χ4v) is 13.9. The van der Waals surface area contributed by atoms with E-state index in [2.05, 4.69) is 0 Å². The maximum Gasteiger partial charge on any atom is 0.460 e. The Labute approximate surface area is 258 Å². The summed E-state index contributed by atoms with van der Waals surface area (Å²) in [6.07, 6.45) is -7.21. The molecule has 3 aromatic carbocycles. The number of hydrogen-bond acceptors (Lipinski definition) is 3. The van der Waals surface area contributed by atoms with Crippen molar-refractivity contribution in [3.05, 3.63) is 83.5 Å². The van der Waals surface area contributed by atoms with E-state index >= 15 is 0 Å². The molecule has 3 nitrogen and oxygen atoms in total. The summed E-state index contributed by atoms with van der Waals surface area (Å²) >= 11 is 5.37. The van der Waals surface area contributed by atoms with Gasteiger partial charge in [0.2, 0.25) is 0 Å². The van der Waals surface area contributed by atoms with Gasteiger partial charge in [-0.1, -0.05) is 36.4 Å². The molecule has 214 valence electrons. The lowest BCUT2D eigenvalue weighted by atomic mass is 10.1. The van der Waals surface area contributed by atoms with E-state index in [4.69, 9.17) is 3.63 Å². The van der Waals surface area contributed by atoms with Crippen molar-refractivity contribution in [2.45, 2.75) is 38.0 Å². The Hall–Kier alpha value is -0.520. The van der Waals surface area contributed by atoms with Gasteiger partial charge >= 0.3 is 33.4 Å². The predicted molar refractivity (Wildman–Crippen MR) is 151 cm³/mol. The molecule has 0 heterocycles. The number of rotatable bonds is 8. The van der Waals surface area contributed by atoms with Gasteiger partial charge in [-0.2, -0.15) is 47.9 Å². The van der Waals surface area contributed by atoms with Crippen LogP contribution in [0.3, 0.4) is 0 Å². The molecule has 3 rings (SSSR count). The van der Waals surface area contributed by atoms with Crippen LogP contribution in [0.5, 0.6) is 0 Å². The molecule has 0 radical (unpaired) electrons. The Morgan fingerprint density at radius 2 is 1.00 bits per heavy atom. The van der Waals surface area contributed by atoms with Gasteiger partial charge in [0.15, 0.2) is 0 Å². The van der Waals surface area contributed by atoms with Gasteiger partial charge in [-0.15, -0.1) is 0 Å². The van der Waals surface area contributed by atoms with Gasteiger partial charge in [0, 0.05) is 25.4 Å². The molecule has 0 saturated carbocycles.